The summed E-state index contributed by atoms with van der Waals surface area (Å²) in [5, 5.41) is 4.73. The van der Waals surface area contributed by atoms with Gasteiger partial charge in [0.2, 0.25) is 0 Å². The Bertz CT molecular complexity index is 1050. The predicted molar refractivity (Wildman–Crippen MR) is 105 cm³/mol. The quantitative estimate of drug-likeness (QED) is 0.523. The Morgan fingerprint density at radius 2 is 1.61 bits per heavy atom. The second-order valence-corrected chi connectivity index (χ2v) is 6.10. The maximum absolute atomic E-state index is 12.1. The summed E-state index contributed by atoms with van der Waals surface area (Å²) >= 11 is 0. The summed E-state index contributed by atoms with van der Waals surface area (Å²) in [5.41, 5.74) is 6.89. The second-order valence-electron chi connectivity index (χ2n) is 6.10. The molecule has 28 heavy (non-hydrogen) atoms. The highest BCUT2D eigenvalue weighted by Crippen LogP contribution is 2.23. The molecule has 0 unspecified atom stereocenters. The predicted octanol–water partition coefficient (Wildman–Crippen LogP) is 3.80. The summed E-state index contributed by atoms with van der Waals surface area (Å²) in [6.45, 7) is 0.327. The maximum Gasteiger partial charge on any atom is 0.356 e. The van der Waals surface area contributed by atoms with Crippen molar-refractivity contribution in [1.82, 2.24) is 20.2 Å². The summed E-state index contributed by atoms with van der Waals surface area (Å²) in [5.74, 6) is -0.459. The minimum Gasteiger partial charge on any atom is -0.366 e. The highest BCUT2D eigenvalue weighted by atomic mass is 16.7. The van der Waals surface area contributed by atoms with E-state index in [1.807, 2.05) is 71.5 Å². The third-order valence-electron chi connectivity index (χ3n) is 4.20. The zero-order chi connectivity index (χ0) is 19.2. The lowest BCUT2D eigenvalue weighted by molar-refractivity contribution is 0.0237. The number of nitrogens with one attached hydrogen (secondary N) is 1. The van der Waals surface area contributed by atoms with Gasteiger partial charge in [-0.15, -0.1) is 5.48 Å². The van der Waals surface area contributed by atoms with E-state index in [9.17, 15) is 4.79 Å². The minimum absolute atomic E-state index is 0.327. The number of carbonyl (C=O) groups excluding carboxylic acids is 1. The van der Waals surface area contributed by atoms with Crippen LogP contribution < -0.4 is 5.48 Å². The Labute approximate surface area is 162 Å². The van der Waals surface area contributed by atoms with E-state index in [-0.39, 0.29) is 0 Å². The van der Waals surface area contributed by atoms with Crippen LogP contribution in [0.3, 0.4) is 0 Å². The van der Waals surface area contributed by atoms with Gasteiger partial charge < -0.3 is 4.84 Å². The van der Waals surface area contributed by atoms with Crippen LogP contribution in [0.2, 0.25) is 0 Å². The summed E-state index contributed by atoms with van der Waals surface area (Å²) in [7, 11) is 0. The maximum atomic E-state index is 12.1. The molecule has 6 nitrogen and oxygen atoms in total. The first-order valence-corrected chi connectivity index (χ1v) is 8.85. The van der Waals surface area contributed by atoms with Crippen molar-refractivity contribution >= 4 is 5.97 Å². The Hall–Kier alpha value is -3.77. The minimum atomic E-state index is -0.459. The van der Waals surface area contributed by atoms with E-state index in [1.165, 1.54) is 0 Å². The van der Waals surface area contributed by atoms with E-state index in [1.54, 1.807) is 24.5 Å². The van der Waals surface area contributed by atoms with Crippen molar-refractivity contribution in [2.75, 3.05) is 0 Å². The van der Waals surface area contributed by atoms with Gasteiger partial charge in [-0.2, -0.15) is 5.10 Å². The second kappa shape index (κ2) is 8.28. The summed E-state index contributed by atoms with van der Waals surface area (Å²) in [6, 6.07) is 23.0. The van der Waals surface area contributed by atoms with Gasteiger partial charge in [0.15, 0.2) is 0 Å². The lowest BCUT2D eigenvalue weighted by atomic mass is 10.1. The number of benzene rings is 2. The van der Waals surface area contributed by atoms with Gasteiger partial charge in [-0.3, -0.25) is 4.98 Å². The summed E-state index contributed by atoms with van der Waals surface area (Å²) in [6.07, 6.45) is 5.03. The molecule has 0 atom stereocenters. The van der Waals surface area contributed by atoms with Crippen LogP contribution in [0, 0.1) is 0 Å². The molecule has 0 amide bonds. The van der Waals surface area contributed by atoms with Crippen molar-refractivity contribution in [3.8, 4) is 16.9 Å². The molecule has 138 valence electrons. The van der Waals surface area contributed by atoms with Crippen LogP contribution in [-0.2, 0) is 11.4 Å². The first-order valence-electron chi connectivity index (χ1n) is 8.85. The van der Waals surface area contributed by atoms with E-state index in [2.05, 4.69) is 10.5 Å². The van der Waals surface area contributed by atoms with E-state index in [0.29, 0.717) is 12.1 Å². The van der Waals surface area contributed by atoms with Crippen LogP contribution in [0.4, 0.5) is 0 Å². The SMILES string of the molecule is O=C(ONCc1cn(-c2ccccc2)nc1-c1ccccc1)c1ccncc1. The Morgan fingerprint density at radius 1 is 0.929 bits per heavy atom. The van der Waals surface area contributed by atoms with Crippen LogP contribution in [0.15, 0.2) is 91.4 Å². The number of para-hydroxylation sites is 1. The number of nitrogens with zero attached hydrogens (tertiary/aromatic N) is 3. The molecule has 2 heterocycles. The fraction of sp³-hybridized carbons (Fsp3) is 0.0455. The van der Waals surface area contributed by atoms with Crippen LogP contribution in [0.1, 0.15) is 15.9 Å². The van der Waals surface area contributed by atoms with Gasteiger partial charge >= 0.3 is 5.97 Å². The third kappa shape index (κ3) is 3.97. The molecule has 0 aliphatic carbocycles. The molecule has 6 heteroatoms. The van der Waals surface area contributed by atoms with E-state index in [4.69, 9.17) is 9.94 Å². The molecule has 0 fully saturated rings. The third-order valence-corrected chi connectivity index (χ3v) is 4.20. The highest BCUT2D eigenvalue weighted by molar-refractivity contribution is 5.88. The molecule has 0 aliphatic heterocycles. The van der Waals surface area contributed by atoms with E-state index < -0.39 is 5.97 Å². The smallest absolute Gasteiger partial charge is 0.356 e. The molecule has 2 aromatic heterocycles. The molecule has 0 aliphatic rings. The van der Waals surface area contributed by atoms with Crippen molar-refractivity contribution in [2.24, 2.45) is 0 Å². The van der Waals surface area contributed by atoms with Gasteiger partial charge in [0.1, 0.15) is 0 Å². The first-order chi connectivity index (χ1) is 13.8. The molecule has 0 saturated carbocycles. The van der Waals surface area contributed by atoms with Crippen LogP contribution in [0.25, 0.3) is 16.9 Å². The monoisotopic (exact) mass is 370 g/mol. The molecule has 2 aromatic carbocycles. The zero-order valence-corrected chi connectivity index (χ0v) is 15.0. The van der Waals surface area contributed by atoms with E-state index >= 15 is 0 Å². The van der Waals surface area contributed by atoms with Crippen LogP contribution in [-0.4, -0.2) is 20.7 Å². The average molecular weight is 370 g/mol. The fourth-order valence-corrected chi connectivity index (χ4v) is 2.82. The lowest BCUT2D eigenvalue weighted by Crippen LogP contribution is -2.19. The van der Waals surface area contributed by atoms with E-state index in [0.717, 1.165) is 22.5 Å². The van der Waals surface area contributed by atoms with Crippen LogP contribution >= 0.6 is 0 Å². The van der Waals surface area contributed by atoms with Crippen molar-refractivity contribution in [3.05, 3.63) is 103 Å². The van der Waals surface area contributed by atoms with Crippen molar-refractivity contribution in [1.29, 1.82) is 0 Å². The Kier molecular flexibility index (Phi) is 5.22. The first kappa shape index (κ1) is 17.6. The number of rotatable bonds is 6. The van der Waals surface area contributed by atoms with Crippen LogP contribution in [0.5, 0.6) is 0 Å². The lowest BCUT2D eigenvalue weighted by Gasteiger charge is -2.06. The molecule has 4 aromatic rings. The number of pyridine rings is 1. The molecule has 0 bridgehead atoms. The molecule has 0 spiro atoms. The topological polar surface area (TPSA) is 69.0 Å². The Morgan fingerprint density at radius 3 is 2.32 bits per heavy atom. The largest absolute Gasteiger partial charge is 0.366 e. The fourth-order valence-electron chi connectivity index (χ4n) is 2.82. The van der Waals surface area contributed by atoms with Crippen molar-refractivity contribution in [3.63, 3.8) is 0 Å². The van der Waals surface area contributed by atoms with Gasteiger partial charge in [0.05, 0.1) is 23.5 Å². The molecular formula is C22H18N4O2. The Balaban J connectivity index is 1.55. The van der Waals surface area contributed by atoms with Gasteiger partial charge in [-0.1, -0.05) is 48.5 Å². The molecular weight excluding hydrogens is 352 g/mol. The van der Waals surface area contributed by atoms with Gasteiger partial charge in [0, 0.05) is 29.7 Å². The number of hydrogen-bond donors (Lipinski definition) is 1. The average Bonchev–Trinajstić information content (AvgIpc) is 3.20. The number of hydroxylamine groups is 1. The summed E-state index contributed by atoms with van der Waals surface area (Å²) < 4.78 is 1.82. The van der Waals surface area contributed by atoms with Crippen molar-refractivity contribution < 1.29 is 9.63 Å². The standard InChI is InChI=1S/C22H18N4O2/c27-22(18-11-13-23-14-12-18)28-24-15-19-16-26(20-9-5-2-6-10-20)25-21(19)17-7-3-1-4-8-17/h1-14,16,24H,15H2. The van der Waals surface area contributed by atoms with Gasteiger partial charge in [0.25, 0.3) is 0 Å². The number of aromatic nitrogens is 3. The highest BCUT2D eigenvalue weighted by Gasteiger charge is 2.13. The normalized spacial score (nSPS) is 10.6. The van der Waals surface area contributed by atoms with Crippen molar-refractivity contribution in [2.45, 2.75) is 6.54 Å². The number of hydrogen-bond acceptors (Lipinski definition) is 5. The molecule has 0 radical (unpaired) electrons. The van der Waals surface area contributed by atoms with Gasteiger partial charge in [-0.05, 0) is 24.3 Å². The molecule has 0 saturated heterocycles. The summed E-state index contributed by atoms with van der Waals surface area (Å²) in [4.78, 5) is 21.2. The van der Waals surface area contributed by atoms with Gasteiger partial charge in [-0.25, -0.2) is 9.48 Å². The molecule has 1 N–H and O–H groups in total. The molecule has 4 rings (SSSR count). The number of carbonyl (C=O) groups is 1. The zero-order valence-electron chi connectivity index (χ0n) is 15.0.